The van der Waals surface area contributed by atoms with Gasteiger partial charge in [0, 0.05) is 12.3 Å². The minimum absolute atomic E-state index is 0.0413. The molecule has 33 heavy (non-hydrogen) atoms. The van der Waals surface area contributed by atoms with Crippen LogP contribution in [0, 0.1) is 5.92 Å². The molecular formula is C25H35N3O5. The van der Waals surface area contributed by atoms with Crippen LogP contribution in [-0.4, -0.2) is 37.8 Å². The fourth-order valence-electron chi connectivity index (χ4n) is 4.53. The molecule has 1 fully saturated rings. The predicted molar refractivity (Wildman–Crippen MR) is 126 cm³/mol. The number of benzene rings is 1. The van der Waals surface area contributed by atoms with E-state index in [0.717, 1.165) is 44.1 Å². The van der Waals surface area contributed by atoms with Gasteiger partial charge in [0.15, 0.2) is 5.78 Å². The standard InChI is InChI=1S/C25H35N3O5/c29-22(20-13-7-4-8-14-20)17-26-28-21(15-9-1-2-10-16-23(30)31)24(32)27(25(28)33)18-19-11-5-3-6-12-19/h3,5-6,11-12,20,26,32H,1-2,4,7-10,13-18H2,(H,30,31). The van der Waals surface area contributed by atoms with E-state index in [1.54, 1.807) is 0 Å². The number of Topliss-reactive ketones (excluding diaryl/α,β-unsaturated/α-hetero) is 1. The van der Waals surface area contributed by atoms with Gasteiger partial charge in [-0.2, -0.15) is 0 Å². The zero-order valence-corrected chi connectivity index (χ0v) is 19.2. The Morgan fingerprint density at radius 1 is 1.00 bits per heavy atom. The lowest BCUT2D eigenvalue weighted by atomic mass is 9.86. The first-order valence-electron chi connectivity index (χ1n) is 12.0. The summed E-state index contributed by atoms with van der Waals surface area (Å²) >= 11 is 0. The molecule has 3 rings (SSSR count). The molecule has 0 saturated heterocycles. The average molecular weight is 458 g/mol. The van der Waals surface area contributed by atoms with Gasteiger partial charge in [-0.1, -0.05) is 62.4 Å². The summed E-state index contributed by atoms with van der Waals surface area (Å²) in [6.45, 7) is 0.299. The molecule has 1 saturated carbocycles. The Morgan fingerprint density at radius 2 is 1.70 bits per heavy atom. The van der Waals surface area contributed by atoms with Gasteiger partial charge in [0.25, 0.3) is 0 Å². The van der Waals surface area contributed by atoms with Gasteiger partial charge in [-0.3, -0.25) is 14.2 Å². The third-order valence-corrected chi connectivity index (χ3v) is 6.42. The number of nitrogens with one attached hydrogen (secondary N) is 1. The van der Waals surface area contributed by atoms with Crippen LogP contribution in [0.4, 0.5) is 0 Å². The summed E-state index contributed by atoms with van der Waals surface area (Å²) in [6.07, 6.45) is 8.60. The van der Waals surface area contributed by atoms with Crippen molar-refractivity contribution in [1.29, 1.82) is 0 Å². The topological polar surface area (TPSA) is 114 Å². The van der Waals surface area contributed by atoms with Crippen molar-refractivity contribution in [3.63, 3.8) is 0 Å². The van der Waals surface area contributed by atoms with Crippen molar-refractivity contribution in [2.45, 2.75) is 77.2 Å². The van der Waals surface area contributed by atoms with Crippen LogP contribution >= 0.6 is 0 Å². The van der Waals surface area contributed by atoms with Crippen LogP contribution in [0.5, 0.6) is 5.88 Å². The van der Waals surface area contributed by atoms with Crippen LogP contribution in [-0.2, 0) is 22.6 Å². The van der Waals surface area contributed by atoms with E-state index in [2.05, 4.69) is 5.43 Å². The summed E-state index contributed by atoms with van der Waals surface area (Å²) in [5.41, 5.74) is 3.95. The second-order valence-electron chi connectivity index (χ2n) is 8.90. The zero-order chi connectivity index (χ0) is 23.6. The van der Waals surface area contributed by atoms with Gasteiger partial charge in [-0.25, -0.2) is 9.47 Å². The lowest BCUT2D eigenvalue weighted by Crippen LogP contribution is -2.36. The summed E-state index contributed by atoms with van der Waals surface area (Å²) in [4.78, 5) is 36.5. The molecule has 3 N–H and O–H groups in total. The Bertz CT molecular complexity index is 974. The molecule has 1 aromatic heterocycles. The normalized spacial score (nSPS) is 14.3. The Kier molecular flexibility index (Phi) is 9.15. The van der Waals surface area contributed by atoms with Crippen LogP contribution in [0.15, 0.2) is 35.1 Å². The summed E-state index contributed by atoms with van der Waals surface area (Å²) < 4.78 is 2.66. The Labute approximate surface area is 194 Å². The lowest BCUT2D eigenvalue weighted by Gasteiger charge is -2.20. The summed E-state index contributed by atoms with van der Waals surface area (Å²) in [5, 5.41) is 19.6. The smallest absolute Gasteiger partial charge is 0.350 e. The molecule has 0 amide bonds. The van der Waals surface area contributed by atoms with Crippen LogP contribution in [0.1, 0.15) is 75.5 Å². The molecule has 1 aliphatic carbocycles. The molecule has 2 aromatic rings. The second-order valence-corrected chi connectivity index (χ2v) is 8.90. The summed E-state index contributed by atoms with van der Waals surface area (Å²) in [6, 6.07) is 9.45. The summed E-state index contributed by atoms with van der Waals surface area (Å²) in [5.74, 6) is -0.741. The first-order chi connectivity index (χ1) is 16.0. The number of carbonyl (C=O) groups excluding carboxylic acids is 1. The number of carboxylic acid groups (broad SMARTS) is 1. The number of aliphatic carboxylic acids is 1. The van der Waals surface area contributed by atoms with Gasteiger partial charge in [0.05, 0.1) is 13.1 Å². The molecule has 180 valence electrons. The number of imidazole rings is 1. The van der Waals surface area contributed by atoms with E-state index in [1.165, 1.54) is 15.7 Å². The first-order valence-corrected chi connectivity index (χ1v) is 12.0. The number of hydrogen-bond acceptors (Lipinski definition) is 5. The van der Waals surface area contributed by atoms with E-state index in [1.807, 2.05) is 30.3 Å². The summed E-state index contributed by atoms with van der Waals surface area (Å²) in [7, 11) is 0. The molecule has 0 aliphatic heterocycles. The lowest BCUT2D eigenvalue weighted by molar-refractivity contribution is -0.137. The van der Waals surface area contributed by atoms with E-state index < -0.39 is 11.7 Å². The van der Waals surface area contributed by atoms with Gasteiger partial charge in [-0.05, 0) is 37.7 Å². The van der Waals surface area contributed by atoms with Gasteiger partial charge in [0.1, 0.15) is 5.69 Å². The van der Waals surface area contributed by atoms with Crippen LogP contribution < -0.4 is 11.1 Å². The van der Waals surface area contributed by atoms with E-state index in [4.69, 9.17) is 5.11 Å². The van der Waals surface area contributed by atoms with Crippen molar-refractivity contribution in [1.82, 2.24) is 9.24 Å². The maximum Gasteiger partial charge on any atom is 0.350 e. The third kappa shape index (κ3) is 6.97. The molecule has 8 nitrogen and oxygen atoms in total. The third-order valence-electron chi connectivity index (χ3n) is 6.42. The maximum absolute atomic E-state index is 13.1. The van der Waals surface area contributed by atoms with Gasteiger partial charge >= 0.3 is 11.7 Å². The minimum atomic E-state index is -0.800. The average Bonchev–Trinajstić information content (AvgIpc) is 3.04. The number of aromatic hydroxyl groups is 1. The quantitative estimate of drug-likeness (QED) is 0.396. The van der Waals surface area contributed by atoms with E-state index >= 15 is 0 Å². The number of rotatable bonds is 13. The van der Waals surface area contributed by atoms with Crippen LogP contribution in [0.2, 0.25) is 0 Å². The predicted octanol–water partition coefficient (Wildman–Crippen LogP) is 3.67. The minimum Gasteiger partial charge on any atom is -0.493 e. The molecule has 8 heteroatoms. The zero-order valence-electron chi connectivity index (χ0n) is 19.2. The number of carboxylic acids is 1. The molecule has 1 heterocycles. The molecular weight excluding hydrogens is 422 g/mol. The van der Waals surface area contributed by atoms with E-state index in [-0.39, 0.29) is 37.1 Å². The number of carbonyl (C=O) groups is 2. The SMILES string of the molecule is O=C(O)CCCCCCc1c(O)n(Cc2ccccc2)c(=O)n1NCC(=O)C1CCCCC1. The number of aromatic nitrogens is 2. The van der Waals surface area contributed by atoms with Crippen molar-refractivity contribution in [2.24, 2.45) is 5.92 Å². The van der Waals surface area contributed by atoms with Gasteiger partial charge in [-0.15, -0.1) is 0 Å². The Balaban J connectivity index is 1.71. The highest BCUT2D eigenvalue weighted by Gasteiger charge is 2.23. The molecule has 0 unspecified atom stereocenters. The van der Waals surface area contributed by atoms with Crippen molar-refractivity contribution >= 4 is 11.8 Å². The van der Waals surface area contributed by atoms with Crippen molar-refractivity contribution in [2.75, 3.05) is 12.0 Å². The molecule has 0 radical (unpaired) electrons. The Morgan fingerprint density at radius 3 is 2.39 bits per heavy atom. The fourth-order valence-corrected chi connectivity index (χ4v) is 4.53. The van der Waals surface area contributed by atoms with Crippen molar-refractivity contribution < 1.29 is 19.8 Å². The maximum atomic E-state index is 13.1. The highest BCUT2D eigenvalue weighted by Crippen LogP contribution is 2.24. The number of nitrogens with zero attached hydrogens (tertiary/aromatic N) is 2. The number of hydrogen-bond donors (Lipinski definition) is 3. The number of ketones is 1. The van der Waals surface area contributed by atoms with Gasteiger partial charge < -0.3 is 15.6 Å². The molecule has 1 aliphatic rings. The molecule has 0 bridgehead atoms. The van der Waals surface area contributed by atoms with Gasteiger partial charge in [0.2, 0.25) is 5.88 Å². The van der Waals surface area contributed by atoms with E-state index in [9.17, 15) is 19.5 Å². The first kappa shape index (κ1) is 24.6. The molecule has 1 aromatic carbocycles. The fraction of sp³-hybridized carbons (Fsp3) is 0.560. The molecule has 0 atom stereocenters. The molecule has 0 spiro atoms. The highest BCUT2D eigenvalue weighted by molar-refractivity contribution is 5.84. The highest BCUT2D eigenvalue weighted by atomic mass is 16.4. The van der Waals surface area contributed by atoms with Crippen molar-refractivity contribution in [3.05, 3.63) is 52.1 Å². The van der Waals surface area contributed by atoms with E-state index in [0.29, 0.717) is 25.0 Å². The Hall–Kier alpha value is -3.03. The number of unbranched alkanes of at least 4 members (excludes halogenated alkanes) is 3. The monoisotopic (exact) mass is 457 g/mol. The largest absolute Gasteiger partial charge is 0.493 e. The van der Waals surface area contributed by atoms with Crippen molar-refractivity contribution in [3.8, 4) is 5.88 Å². The second kappa shape index (κ2) is 12.3. The van der Waals surface area contributed by atoms with Crippen LogP contribution in [0.3, 0.4) is 0 Å². The van der Waals surface area contributed by atoms with Crippen LogP contribution in [0.25, 0.3) is 0 Å².